The minimum atomic E-state index is -0.869. The standard InChI is InChI=1S/C16H18ClNO2S/c1-11(14-7-8-15(17)21-14)18(2)10-9-12-5-3-4-6-13(12)16(19)20/h3-8,11H,9-10H2,1-2H3,(H,19,20). The van der Waals surface area contributed by atoms with E-state index in [4.69, 9.17) is 11.6 Å². The van der Waals surface area contributed by atoms with Crippen LogP contribution in [0.2, 0.25) is 4.34 Å². The van der Waals surface area contributed by atoms with Crippen LogP contribution in [0.3, 0.4) is 0 Å². The molecule has 0 saturated carbocycles. The van der Waals surface area contributed by atoms with Gasteiger partial charge in [0.05, 0.1) is 9.90 Å². The van der Waals surface area contributed by atoms with Gasteiger partial charge in [0.1, 0.15) is 0 Å². The average molecular weight is 324 g/mol. The van der Waals surface area contributed by atoms with Crippen molar-refractivity contribution in [3.8, 4) is 0 Å². The van der Waals surface area contributed by atoms with Crippen LogP contribution >= 0.6 is 22.9 Å². The number of carboxylic acid groups (broad SMARTS) is 1. The van der Waals surface area contributed by atoms with Crippen molar-refractivity contribution in [3.05, 3.63) is 56.7 Å². The lowest BCUT2D eigenvalue weighted by atomic mass is 10.0. The molecule has 2 rings (SSSR count). The molecule has 0 aliphatic heterocycles. The van der Waals surface area contributed by atoms with Crippen molar-refractivity contribution in [3.63, 3.8) is 0 Å². The summed E-state index contributed by atoms with van der Waals surface area (Å²) in [4.78, 5) is 14.6. The van der Waals surface area contributed by atoms with E-state index in [1.165, 1.54) is 4.88 Å². The Balaban J connectivity index is 2.01. The van der Waals surface area contributed by atoms with Gasteiger partial charge < -0.3 is 5.11 Å². The highest BCUT2D eigenvalue weighted by atomic mass is 35.5. The molecule has 112 valence electrons. The number of hydrogen-bond acceptors (Lipinski definition) is 3. The van der Waals surface area contributed by atoms with E-state index in [-0.39, 0.29) is 6.04 Å². The van der Waals surface area contributed by atoms with Crippen LogP contribution in [-0.4, -0.2) is 29.6 Å². The number of likely N-dealkylation sites (N-methyl/N-ethyl adjacent to an activating group) is 1. The SMILES string of the molecule is CC(c1ccc(Cl)s1)N(C)CCc1ccccc1C(=O)O. The van der Waals surface area contributed by atoms with Gasteiger partial charge in [0.25, 0.3) is 0 Å². The summed E-state index contributed by atoms with van der Waals surface area (Å²) >= 11 is 7.56. The lowest BCUT2D eigenvalue weighted by Crippen LogP contribution is -2.24. The van der Waals surface area contributed by atoms with Crippen LogP contribution in [0.25, 0.3) is 0 Å². The minimum Gasteiger partial charge on any atom is -0.478 e. The lowest BCUT2D eigenvalue weighted by molar-refractivity contribution is 0.0695. The monoisotopic (exact) mass is 323 g/mol. The van der Waals surface area contributed by atoms with Gasteiger partial charge in [0.2, 0.25) is 0 Å². The molecule has 1 aromatic heterocycles. The predicted octanol–water partition coefficient (Wildman–Crippen LogP) is 4.34. The summed E-state index contributed by atoms with van der Waals surface area (Å²) in [5.41, 5.74) is 1.26. The summed E-state index contributed by atoms with van der Waals surface area (Å²) in [6.45, 7) is 2.92. The first-order valence-corrected chi connectivity index (χ1v) is 7.95. The molecule has 0 aliphatic rings. The summed E-state index contributed by atoms with van der Waals surface area (Å²) in [5, 5.41) is 9.19. The first kappa shape index (κ1) is 16.0. The fourth-order valence-electron chi connectivity index (χ4n) is 2.21. The number of rotatable bonds is 6. The Morgan fingerprint density at radius 1 is 1.33 bits per heavy atom. The number of aromatic carboxylic acids is 1. The zero-order valence-corrected chi connectivity index (χ0v) is 13.6. The Hall–Kier alpha value is -1.36. The summed E-state index contributed by atoms with van der Waals surface area (Å²) in [7, 11) is 2.04. The largest absolute Gasteiger partial charge is 0.478 e. The van der Waals surface area contributed by atoms with Crippen LogP contribution in [0.4, 0.5) is 0 Å². The van der Waals surface area contributed by atoms with Crippen molar-refractivity contribution in [1.29, 1.82) is 0 Å². The van der Waals surface area contributed by atoms with Crippen LogP contribution in [0, 0.1) is 0 Å². The molecule has 2 aromatic rings. The van der Waals surface area contributed by atoms with Crippen molar-refractivity contribution in [2.75, 3.05) is 13.6 Å². The second kappa shape index (κ2) is 7.07. The van der Waals surface area contributed by atoms with Gasteiger partial charge >= 0.3 is 5.97 Å². The minimum absolute atomic E-state index is 0.263. The van der Waals surface area contributed by atoms with E-state index in [1.54, 1.807) is 23.5 Å². The predicted molar refractivity (Wildman–Crippen MR) is 87.5 cm³/mol. The molecule has 1 unspecified atom stereocenters. The Morgan fingerprint density at radius 2 is 2.05 bits per heavy atom. The maximum Gasteiger partial charge on any atom is 0.335 e. The molecule has 0 aliphatic carbocycles. The van der Waals surface area contributed by atoms with E-state index in [9.17, 15) is 9.90 Å². The van der Waals surface area contributed by atoms with Crippen LogP contribution in [0.15, 0.2) is 36.4 Å². The van der Waals surface area contributed by atoms with Crippen molar-refractivity contribution >= 4 is 28.9 Å². The highest BCUT2D eigenvalue weighted by Crippen LogP contribution is 2.29. The van der Waals surface area contributed by atoms with Gasteiger partial charge in [-0.3, -0.25) is 4.90 Å². The smallest absolute Gasteiger partial charge is 0.335 e. The molecule has 0 saturated heterocycles. The summed E-state index contributed by atoms with van der Waals surface area (Å²) < 4.78 is 0.793. The number of carbonyl (C=O) groups is 1. The first-order valence-electron chi connectivity index (χ1n) is 6.75. The Morgan fingerprint density at radius 3 is 2.67 bits per heavy atom. The van der Waals surface area contributed by atoms with Crippen molar-refractivity contribution in [1.82, 2.24) is 4.90 Å². The van der Waals surface area contributed by atoms with E-state index in [0.29, 0.717) is 12.0 Å². The third-order valence-corrected chi connectivity index (χ3v) is 5.05. The molecule has 3 nitrogen and oxygen atoms in total. The van der Waals surface area contributed by atoms with Crippen LogP contribution in [0.1, 0.15) is 33.8 Å². The highest BCUT2D eigenvalue weighted by molar-refractivity contribution is 7.16. The number of hydrogen-bond donors (Lipinski definition) is 1. The van der Waals surface area contributed by atoms with Crippen molar-refractivity contribution in [2.45, 2.75) is 19.4 Å². The Bertz CT molecular complexity index is 626. The molecule has 0 spiro atoms. The third-order valence-electron chi connectivity index (χ3n) is 3.65. The molecule has 0 bridgehead atoms. The van der Waals surface area contributed by atoms with Crippen molar-refractivity contribution < 1.29 is 9.90 Å². The van der Waals surface area contributed by atoms with Crippen LogP contribution < -0.4 is 0 Å². The van der Waals surface area contributed by atoms with E-state index < -0.39 is 5.97 Å². The lowest BCUT2D eigenvalue weighted by Gasteiger charge is -2.24. The molecular weight excluding hydrogens is 306 g/mol. The fourth-order valence-corrected chi connectivity index (χ4v) is 3.39. The van der Waals surface area contributed by atoms with E-state index in [1.807, 2.05) is 31.3 Å². The summed E-state index contributed by atoms with van der Waals surface area (Å²) in [6.07, 6.45) is 0.711. The summed E-state index contributed by atoms with van der Waals surface area (Å²) in [6, 6.07) is 11.4. The zero-order valence-electron chi connectivity index (χ0n) is 12.0. The second-order valence-electron chi connectivity index (χ2n) is 5.01. The van der Waals surface area contributed by atoms with E-state index in [2.05, 4.69) is 11.8 Å². The molecule has 0 amide bonds. The summed E-state index contributed by atoms with van der Waals surface area (Å²) in [5.74, 6) is -0.869. The molecule has 21 heavy (non-hydrogen) atoms. The van der Waals surface area contributed by atoms with Gasteiger partial charge in [-0.25, -0.2) is 4.79 Å². The number of thiophene rings is 1. The van der Waals surface area contributed by atoms with E-state index in [0.717, 1.165) is 16.4 Å². The Kier molecular flexibility index (Phi) is 5.39. The maximum absolute atomic E-state index is 11.2. The average Bonchev–Trinajstić information content (AvgIpc) is 2.90. The van der Waals surface area contributed by atoms with E-state index >= 15 is 0 Å². The number of benzene rings is 1. The fraction of sp³-hybridized carbons (Fsp3) is 0.312. The number of halogens is 1. The van der Waals surface area contributed by atoms with Crippen LogP contribution in [-0.2, 0) is 6.42 Å². The maximum atomic E-state index is 11.2. The van der Waals surface area contributed by atoms with Crippen molar-refractivity contribution in [2.24, 2.45) is 0 Å². The topological polar surface area (TPSA) is 40.5 Å². The molecule has 0 fully saturated rings. The first-order chi connectivity index (χ1) is 9.99. The normalized spacial score (nSPS) is 12.6. The molecule has 1 heterocycles. The molecule has 1 aromatic carbocycles. The molecule has 5 heteroatoms. The third kappa shape index (κ3) is 4.06. The second-order valence-corrected chi connectivity index (χ2v) is 6.76. The Labute approximate surface area is 133 Å². The molecular formula is C16H18ClNO2S. The molecule has 0 radical (unpaired) electrons. The van der Waals surface area contributed by atoms with Gasteiger partial charge in [-0.05, 0) is 44.2 Å². The van der Waals surface area contributed by atoms with Gasteiger partial charge in [-0.1, -0.05) is 29.8 Å². The zero-order chi connectivity index (χ0) is 15.4. The number of nitrogens with zero attached hydrogens (tertiary/aromatic N) is 1. The molecule has 1 N–H and O–H groups in total. The molecule has 1 atom stereocenters. The number of carboxylic acids is 1. The van der Waals surface area contributed by atoms with Gasteiger partial charge in [-0.2, -0.15) is 0 Å². The van der Waals surface area contributed by atoms with Gasteiger partial charge in [0, 0.05) is 17.5 Å². The highest BCUT2D eigenvalue weighted by Gasteiger charge is 2.15. The van der Waals surface area contributed by atoms with Crippen LogP contribution in [0.5, 0.6) is 0 Å². The quantitative estimate of drug-likeness (QED) is 0.860. The van der Waals surface area contributed by atoms with Gasteiger partial charge in [0.15, 0.2) is 0 Å². The van der Waals surface area contributed by atoms with Gasteiger partial charge in [-0.15, -0.1) is 11.3 Å².